The number of hydrogen-bond donors (Lipinski definition) is 6. The van der Waals surface area contributed by atoms with Gasteiger partial charge in [0.1, 0.15) is 11.9 Å². The van der Waals surface area contributed by atoms with E-state index in [9.17, 15) is 34.8 Å². The van der Waals surface area contributed by atoms with Crippen LogP contribution in [0.15, 0.2) is 24.3 Å². The highest BCUT2D eigenvalue weighted by molar-refractivity contribution is 8.13. The normalized spacial score (nSPS) is 14.7. The Morgan fingerprint density at radius 3 is 2.28 bits per heavy atom. The van der Waals surface area contributed by atoms with E-state index >= 15 is 0 Å². The molecule has 0 saturated carbocycles. The van der Waals surface area contributed by atoms with Gasteiger partial charge in [0.25, 0.3) is 0 Å². The van der Waals surface area contributed by atoms with Crippen molar-refractivity contribution >= 4 is 28.7 Å². The van der Waals surface area contributed by atoms with E-state index in [-0.39, 0.29) is 56.1 Å². The molecule has 39 heavy (non-hydrogen) atoms. The number of aliphatic hydroxyl groups excluding tert-OH is 4. The topological polar surface area (TPSA) is 175 Å². The van der Waals surface area contributed by atoms with E-state index in [1.54, 1.807) is 21.0 Å². The summed E-state index contributed by atoms with van der Waals surface area (Å²) in [6.07, 6.45) is -3.20. The van der Waals surface area contributed by atoms with Gasteiger partial charge in [0.05, 0.1) is 38.6 Å². The monoisotopic (exact) mass is 572 g/mol. The number of carbonyl (C=O) groups is 3. The molecule has 4 atom stereocenters. The number of ether oxygens (including phenoxy) is 2. The van der Waals surface area contributed by atoms with Crippen molar-refractivity contribution in [1.82, 2.24) is 10.6 Å². The Hall–Kier alpha value is -2.22. The van der Waals surface area contributed by atoms with Gasteiger partial charge in [-0.2, -0.15) is 0 Å². The minimum atomic E-state index is -1.40. The molecule has 0 aliphatic heterocycles. The zero-order valence-corrected chi connectivity index (χ0v) is 24.0. The van der Waals surface area contributed by atoms with Crippen molar-refractivity contribution in [2.24, 2.45) is 5.41 Å². The van der Waals surface area contributed by atoms with Crippen molar-refractivity contribution in [3.8, 4) is 5.75 Å². The number of aliphatic hydroxyl groups is 4. The standard InChI is InChI=1S/C27H44N2O9S/c1-18(38-16-19-5-7-22(37-4)8-6-19)13-20(31)14-21(32)15-24(34)39-12-11-28-23(33)9-10-29-26(36)25(35)27(2,3)17-30/h5-8,18,20-21,25,30-32,35H,9-17H2,1-4H3,(H,28,33)(H,29,36)/t18?,20?,21?,25-/m0/s1. The lowest BCUT2D eigenvalue weighted by Crippen LogP contribution is -2.46. The number of thioether (sulfide) groups is 1. The molecule has 0 heterocycles. The molecule has 1 aromatic carbocycles. The van der Waals surface area contributed by atoms with Gasteiger partial charge < -0.3 is 40.5 Å². The summed E-state index contributed by atoms with van der Waals surface area (Å²) in [5.74, 6) is 0.0767. The van der Waals surface area contributed by atoms with Crippen LogP contribution in [0.2, 0.25) is 0 Å². The molecule has 6 N–H and O–H groups in total. The van der Waals surface area contributed by atoms with Crippen molar-refractivity contribution in [2.75, 3.05) is 32.6 Å². The first-order valence-corrected chi connectivity index (χ1v) is 14.0. The molecular formula is C27H44N2O9S. The van der Waals surface area contributed by atoms with Crippen LogP contribution in [0.4, 0.5) is 0 Å². The molecule has 0 spiro atoms. The Morgan fingerprint density at radius 2 is 1.67 bits per heavy atom. The highest BCUT2D eigenvalue weighted by Crippen LogP contribution is 2.19. The van der Waals surface area contributed by atoms with Crippen LogP contribution in [0.5, 0.6) is 5.75 Å². The lowest BCUT2D eigenvalue weighted by Gasteiger charge is -2.27. The van der Waals surface area contributed by atoms with E-state index in [0.717, 1.165) is 23.1 Å². The van der Waals surface area contributed by atoms with E-state index in [1.165, 1.54) is 0 Å². The molecule has 222 valence electrons. The lowest BCUT2D eigenvalue weighted by molar-refractivity contribution is -0.137. The zero-order chi connectivity index (χ0) is 29.4. The van der Waals surface area contributed by atoms with Crippen molar-refractivity contribution in [3.63, 3.8) is 0 Å². The summed E-state index contributed by atoms with van der Waals surface area (Å²) in [5.41, 5.74) is -0.0200. The fourth-order valence-electron chi connectivity index (χ4n) is 3.44. The van der Waals surface area contributed by atoms with Crippen LogP contribution in [-0.4, -0.2) is 94.3 Å². The minimum absolute atomic E-state index is 0.00450. The van der Waals surface area contributed by atoms with E-state index < -0.39 is 29.6 Å². The summed E-state index contributed by atoms with van der Waals surface area (Å²) in [6.45, 7) is 5.20. The van der Waals surface area contributed by atoms with Crippen LogP contribution in [-0.2, 0) is 25.7 Å². The summed E-state index contributed by atoms with van der Waals surface area (Å²) in [7, 11) is 1.60. The zero-order valence-electron chi connectivity index (χ0n) is 23.2. The van der Waals surface area contributed by atoms with Crippen LogP contribution in [0.1, 0.15) is 52.0 Å². The third-order valence-corrected chi connectivity index (χ3v) is 6.88. The van der Waals surface area contributed by atoms with Gasteiger partial charge in [0, 0.05) is 37.1 Å². The van der Waals surface area contributed by atoms with Gasteiger partial charge in [-0.15, -0.1) is 0 Å². The van der Waals surface area contributed by atoms with E-state index in [2.05, 4.69) is 10.6 Å². The number of methoxy groups -OCH3 is 1. The van der Waals surface area contributed by atoms with Gasteiger partial charge in [-0.3, -0.25) is 14.4 Å². The molecule has 0 saturated heterocycles. The number of rotatable bonds is 19. The van der Waals surface area contributed by atoms with Crippen molar-refractivity contribution in [1.29, 1.82) is 0 Å². The maximum atomic E-state index is 12.1. The second-order valence-corrected chi connectivity index (χ2v) is 11.3. The molecule has 11 nitrogen and oxygen atoms in total. The average Bonchev–Trinajstić information content (AvgIpc) is 2.89. The first-order chi connectivity index (χ1) is 18.4. The van der Waals surface area contributed by atoms with Gasteiger partial charge in [-0.05, 0) is 37.5 Å². The summed E-state index contributed by atoms with van der Waals surface area (Å²) in [5, 5.41) is 44.4. The molecule has 0 bridgehead atoms. The molecule has 12 heteroatoms. The van der Waals surface area contributed by atoms with Crippen molar-refractivity contribution in [2.45, 2.75) is 77.5 Å². The van der Waals surface area contributed by atoms with Gasteiger partial charge >= 0.3 is 0 Å². The minimum Gasteiger partial charge on any atom is -0.497 e. The van der Waals surface area contributed by atoms with E-state index in [0.29, 0.717) is 18.8 Å². The Labute approximate surface area is 234 Å². The maximum absolute atomic E-state index is 12.1. The molecule has 2 amide bonds. The number of nitrogens with one attached hydrogen (secondary N) is 2. The first kappa shape index (κ1) is 34.8. The fourth-order valence-corrected chi connectivity index (χ4v) is 4.18. The molecule has 0 fully saturated rings. The van der Waals surface area contributed by atoms with Crippen LogP contribution in [0.25, 0.3) is 0 Å². The third-order valence-electron chi connectivity index (χ3n) is 5.98. The molecular weight excluding hydrogens is 528 g/mol. The van der Waals surface area contributed by atoms with Crippen LogP contribution in [0, 0.1) is 5.41 Å². The Morgan fingerprint density at radius 1 is 1.00 bits per heavy atom. The Balaban J connectivity index is 2.16. The quantitative estimate of drug-likeness (QED) is 0.130. The van der Waals surface area contributed by atoms with E-state index in [1.807, 2.05) is 31.2 Å². The highest BCUT2D eigenvalue weighted by atomic mass is 32.2. The number of hydrogen-bond acceptors (Lipinski definition) is 10. The number of benzene rings is 1. The van der Waals surface area contributed by atoms with Crippen LogP contribution in [0.3, 0.4) is 0 Å². The summed E-state index contributed by atoms with van der Waals surface area (Å²) in [6, 6.07) is 7.48. The summed E-state index contributed by atoms with van der Waals surface area (Å²) < 4.78 is 10.9. The van der Waals surface area contributed by atoms with Gasteiger partial charge in [0.15, 0.2) is 5.12 Å². The largest absolute Gasteiger partial charge is 0.497 e. The predicted octanol–water partition coefficient (Wildman–Crippen LogP) is 0.754. The van der Waals surface area contributed by atoms with Gasteiger partial charge in [-0.25, -0.2) is 0 Å². The van der Waals surface area contributed by atoms with Crippen LogP contribution < -0.4 is 15.4 Å². The molecule has 1 aromatic rings. The second-order valence-electron chi connectivity index (χ2n) is 10.1. The van der Waals surface area contributed by atoms with Gasteiger partial charge in [0.2, 0.25) is 11.8 Å². The molecule has 1 rings (SSSR count). The summed E-state index contributed by atoms with van der Waals surface area (Å²) >= 11 is 0.979. The molecule has 0 radical (unpaired) electrons. The molecule has 0 aliphatic carbocycles. The predicted molar refractivity (Wildman–Crippen MR) is 148 cm³/mol. The highest BCUT2D eigenvalue weighted by Gasteiger charge is 2.32. The molecule has 0 aromatic heterocycles. The smallest absolute Gasteiger partial charge is 0.249 e. The third kappa shape index (κ3) is 14.7. The average molecular weight is 573 g/mol. The van der Waals surface area contributed by atoms with E-state index in [4.69, 9.17) is 9.47 Å². The van der Waals surface area contributed by atoms with Crippen LogP contribution >= 0.6 is 11.8 Å². The Bertz CT molecular complexity index is 883. The first-order valence-electron chi connectivity index (χ1n) is 13.0. The second kappa shape index (κ2) is 18.2. The van der Waals surface area contributed by atoms with Crippen molar-refractivity contribution in [3.05, 3.63) is 29.8 Å². The number of carbonyl (C=O) groups excluding carboxylic acids is 3. The SMILES string of the molecule is COc1ccc(COC(C)CC(O)CC(O)CC(=O)SCCNC(=O)CCNC(=O)[C@H](O)C(C)(C)CO)cc1. The molecule has 0 aliphatic rings. The molecule has 3 unspecified atom stereocenters. The Kier molecular flexibility index (Phi) is 16.2. The number of amides is 2. The maximum Gasteiger partial charge on any atom is 0.249 e. The van der Waals surface area contributed by atoms with Crippen molar-refractivity contribution < 1.29 is 44.3 Å². The lowest BCUT2D eigenvalue weighted by atomic mass is 9.87. The summed E-state index contributed by atoms with van der Waals surface area (Å²) in [4.78, 5) is 35.9. The fraction of sp³-hybridized carbons (Fsp3) is 0.667. The van der Waals surface area contributed by atoms with Gasteiger partial charge in [-0.1, -0.05) is 37.7 Å².